The molecule has 3 saturated heterocycles. The number of carbonyl (C=O) groups is 1. The largest absolute Gasteiger partial charge is 0.461 e. The molecule has 2 aromatic heterocycles. The quantitative estimate of drug-likeness (QED) is 0.346. The molecule has 1 amide bonds. The lowest BCUT2D eigenvalue weighted by Crippen LogP contribution is -2.44. The average molecular weight is 751 g/mol. The van der Waals surface area contributed by atoms with Gasteiger partial charge in [0.1, 0.15) is 18.6 Å². The average Bonchev–Trinajstić information content (AvgIpc) is 3.90. The molecule has 1 spiro atoms. The summed E-state index contributed by atoms with van der Waals surface area (Å²) in [7, 11) is 1.84. The van der Waals surface area contributed by atoms with Gasteiger partial charge in [-0.1, -0.05) is 22.0 Å². The predicted molar refractivity (Wildman–Crippen MR) is 187 cm³/mol. The molecule has 9 rings (SSSR count). The molecule has 3 aromatic rings. The van der Waals surface area contributed by atoms with Gasteiger partial charge in [0.2, 0.25) is 0 Å². The number of amides is 1. The highest BCUT2D eigenvalue weighted by atomic mass is 79.9. The van der Waals surface area contributed by atoms with E-state index in [2.05, 4.69) is 43.9 Å². The van der Waals surface area contributed by atoms with Gasteiger partial charge >= 0.3 is 6.01 Å². The number of nitrogens with zero attached hydrogens (tertiary/aromatic N) is 7. The summed E-state index contributed by atoms with van der Waals surface area (Å²) in [6.07, 6.45) is 6.96. The molecule has 1 aliphatic carbocycles. The molecule has 4 unspecified atom stereocenters. The third kappa shape index (κ3) is 5.72. The number of aryl methyl sites for hydroxylation is 2. The number of likely N-dealkylation sites (N-methyl/N-ethyl adjacent to an activating group) is 1. The highest BCUT2D eigenvalue weighted by Crippen LogP contribution is 2.47. The van der Waals surface area contributed by atoms with E-state index in [0.717, 1.165) is 85.3 Å². The number of rotatable bonds is 6. The van der Waals surface area contributed by atoms with E-state index in [1.54, 1.807) is 4.90 Å². The minimum atomic E-state index is -0.827. The lowest BCUT2D eigenvalue weighted by atomic mass is 9.75. The van der Waals surface area contributed by atoms with Crippen LogP contribution in [-0.2, 0) is 47.6 Å². The van der Waals surface area contributed by atoms with E-state index < -0.39 is 11.8 Å². The van der Waals surface area contributed by atoms with E-state index in [4.69, 9.17) is 29.3 Å². The van der Waals surface area contributed by atoms with Crippen molar-refractivity contribution in [2.45, 2.75) is 101 Å². The molecule has 11 nitrogen and oxygen atoms in total. The molecule has 6 aliphatic rings. The SMILES string of the molecule is CN(C(=O)c1cc2n(n1)CCCN(c1nc(OCC34CCCN3CC(F)C4)nc3c1COC1(CCCc4ccc(Br)cc41)C3)C2)C1CCOC1. The fraction of sp³-hybridized carbons (Fsp3) is 0.622. The molecule has 4 atom stereocenters. The molecule has 1 aromatic carbocycles. The number of ether oxygens (including phenoxy) is 3. The zero-order chi connectivity index (χ0) is 34.0. The zero-order valence-corrected chi connectivity index (χ0v) is 30.3. The second-order valence-electron chi connectivity index (χ2n) is 15.2. The number of benzene rings is 1. The van der Waals surface area contributed by atoms with Crippen LogP contribution >= 0.6 is 15.9 Å². The number of fused-ring (bicyclic) bond motifs is 5. The van der Waals surface area contributed by atoms with Crippen molar-refractivity contribution in [1.29, 1.82) is 0 Å². The fourth-order valence-corrected chi connectivity index (χ4v) is 9.80. The molecule has 0 radical (unpaired) electrons. The summed E-state index contributed by atoms with van der Waals surface area (Å²) in [6, 6.07) is 8.89. The lowest BCUT2D eigenvalue weighted by molar-refractivity contribution is -0.0856. The van der Waals surface area contributed by atoms with Crippen LogP contribution in [0.2, 0.25) is 0 Å². The Labute approximate surface area is 300 Å². The Bertz CT molecular complexity index is 1800. The lowest BCUT2D eigenvalue weighted by Gasteiger charge is -2.43. The molecule has 5 aliphatic heterocycles. The van der Waals surface area contributed by atoms with Crippen molar-refractivity contribution in [3.8, 4) is 6.01 Å². The smallest absolute Gasteiger partial charge is 0.318 e. The molecule has 3 fully saturated rings. The van der Waals surface area contributed by atoms with Crippen molar-refractivity contribution in [3.63, 3.8) is 0 Å². The van der Waals surface area contributed by atoms with Crippen LogP contribution in [0.5, 0.6) is 6.01 Å². The number of hydrogen-bond acceptors (Lipinski definition) is 9. The molecular formula is C37H45BrFN7O4. The van der Waals surface area contributed by atoms with Crippen LogP contribution in [0.25, 0.3) is 0 Å². The first-order valence-electron chi connectivity index (χ1n) is 18.3. The van der Waals surface area contributed by atoms with E-state index in [9.17, 15) is 9.18 Å². The number of aromatic nitrogens is 4. The van der Waals surface area contributed by atoms with Gasteiger partial charge < -0.3 is 24.0 Å². The van der Waals surface area contributed by atoms with Gasteiger partial charge in [0.15, 0.2) is 5.69 Å². The maximum Gasteiger partial charge on any atom is 0.318 e. The van der Waals surface area contributed by atoms with Crippen LogP contribution in [0.3, 0.4) is 0 Å². The third-order valence-corrected chi connectivity index (χ3v) is 12.6. The normalized spacial score (nSPS) is 29.0. The number of hydrogen-bond donors (Lipinski definition) is 0. The molecule has 50 heavy (non-hydrogen) atoms. The van der Waals surface area contributed by atoms with Crippen LogP contribution in [-0.4, -0.2) is 99.7 Å². The van der Waals surface area contributed by atoms with E-state index >= 15 is 0 Å². The van der Waals surface area contributed by atoms with Gasteiger partial charge in [0.25, 0.3) is 5.91 Å². The Morgan fingerprint density at radius 1 is 1.16 bits per heavy atom. The predicted octanol–water partition coefficient (Wildman–Crippen LogP) is 4.97. The molecule has 0 N–H and O–H groups in total. The van der Waals surface area contributed by atoms with E-state index in [1.807, 2.05) is 17.8 Å². The van der Waals surface area contributed by atoms with Crippen molar-refractivity contribution < 1.29 is 23.4 Å². The fourth-order valence-electron chi connectivity index (χ4n) is 9.44. The van der Waals surface area contributed by atoms with Crippen molar-refractivity contribution in [3.05, 3.63) is 62.5 Å². The van der Waals surface area contributed by atoms with Crippen molar-refractivity contribution in [2.24, 2.45) is 0 Å². The zero-order valence-electron chi connectivity index (χ0n) is 28.7. The molecule has 7 heterocycles. The maximum absolute atomic E-state index is 14.6. The Morgan fingerprint density at radius 3 is 2.96 bits per heavy atom. The molecule has 266 valence electrons. The summed E-state index contributed by atoms with van der Waals surface area (Å²) >= 11 is 3.71. The van der Waals surface area contributed by atoms with E-state index in [1.165, 1.54) is 11.1 Å². The van der Waals surface area contributed by atoms with Gasteiger partial charge in [0, 0.05) is 56.2 Å². The van der Waals surface area contributed by atoms with Crippen LogP contribution in [0, 0.1) is 0 Å². The van der Waals surface area contributed by atoms with Crippen LogP contribution in [0.15, 0.2) is 28.7 Å². The summed E-state index contributed by atoms with van der Waals surface area (Å²) in [4.78, 5) is 30.0. The standard InChI is InChI=1S/C37H45BrFN7O4/c1-43(27-8-14-48-21-27)34(47)31-16-28-20-44(11-4-13-46(28)42-31)33-29-22-50-37(10-2-5-24-6-7-25(38)15-30(24)37)18-32(29)40-35(41-33)49-23-36-9-3-12-45(36)19-26(39)17-36/h6-7,15-16,26-27H,2-5,8-14,17-23H2,1H3. The first kappa shape index (κ1) is 32.8. The first-order valence-corrected chi connectivity index (χ1v) is 19.1. The number of halogens is 2. The summed E-state index contributed by atoms with van der Waals surface area (Å²) in [5.41, 5.74) is 5.16. The van der Waals surface area contributed by atoms with Crippen molar-refractivity contribution in [1.82, 2.24) is 29.5 Å². The molecule has 0 saturated carbocycles. The summed E-state index contributed by atoms with van der Waals surface area (Å²) in [5, 5.41) is 4.77. The second-order valence-corrected chi connectivity index (χ2v) is 16.1. The Morgan fingerprint density at radius 2 is 2.08 bits per heavy atom. The molecule has 13 heteroatoms. The van der Waals surface area contributed by atoms with Crippen LogP contribution < -0.4 is 9.64 Å². The monoisotopic (exact) mass is 749 g/mol. The first-order chi connectivity index (χ1) is 24.3. The topological polar surface area (TPSA) is 98.1 Å². The highest BCUT2D eigenvalue weighted by molar-refractivity contribution is 9.10. The van der Waals surface area contributed by atoms with Gasteiger partial charge in [-0.15, -0.1) is 0 Å². The van der Waals surface area contributed by atoms with E-state index in [-0.39, 0.29) is 17.5 Å². The van der Waals surface area contributed by atoms with Gasteiger partial charge in [0.05, 0.1) is 48.3 Å². The van der Waals surface area contributed by atoms with Gasteiger partial charge in [-0.2, -0.15) is 15.1 Å². The summed E-state index contributed by atoms with van der Waals surface area (Å²) in [5.74, 6) is 0.729. The van der Waals surface area contributed by atoms with Crippen molar-refractivity contribution in [2.75, 3.05) is 51.4 Å². The third-order valence-electron chi connectivity index (χ3n) is 12.1. The van der Waals surface area contributed by atoms with Crippen LogP contribution in [0.4, 0.5) is 10.2 Å². The second kappa shape index (κ2) is 12.8. The van der Waals surface area contributed by atoms with E-state index in [0.29, 0.717) is 70.6 Å². The molecular weight excluding hydrogens is 705 g/mol. The maximum atomic E-state index is 14.6. The number of anilines is 1. The van der Waals surface area contributed by atoms with Crippen molar-refractivity contribution >= 4 is 27.7 Å². The summed E-state index contributed by atoms with van der Waals surface area (Å²) < 4.78 is 36.6. The molecule has 0 bridgehead atoms. The number of carbonyl (C=O) groups excluding carboxylic acids is 1. The Kier molecular flexibility index (Phi) is 8.40. The Balaban J connectivity index is 1.05. The minimum absolute atomic E-state index is 0.0721. The summed E-state index contributed by atoms with van der Waals surface area (Å²) in [6.45, 7) is 5.41. The van der Waals surface area contributed by atoms with Gasteiger partial charge in [-0.3, -0.25) is 14.4 Å². The van der Waals surface area contributed by atoms with Gasteiger partial charge in [-0.05, 0) is 80.8 Å². The minimum Gasteiger partial charge on any atom is -0.461 e. The Hall–Kier alpha value is -3.13. The van der Waals surface area contributed by atoms with Gasteiger partial charge in [-0.25, -0.2) is 4.39 Å². The van der Waals surface area contributed by atoms with Crippen LogP contribution in [0.1, 0.15) is 83.5 Å². The number of alkyl halides is 1. The highest BCUT2D eigenvalue weighted by Gasteiger charge is 2.50.